The first-order valence-electron chi connectivity index (χ1n) is 6.07. The van der Waals surface area contributed by atoms with Gasteiger partial charge in [-0.2, -0.15) is 14.7 Å². The van der Waals surface area contributed by atoms with Crippen LogP contribution in [0.5, 0.6) is 0 Å². The van der Waals surface area contributed by atoms with E-state index in [-0.39, 0.29) is 0 Å². The Labute approximate surface area is 131 Å². The average Bonchev–Trinajstić information content (AvgIpc) is 3.15. The van der Waals surface area contributed by atoms with Crippen LogP contribution in [-0.2, 0) is 0 Å². The van der Waals surface area contributed by atoms with E-state index in [4.69, 9.17) is 0 Å². The lowest BCUT2D eigenvalue weighted by Crippen LogP contribution is -1.91. The molecule has 0 aromatic carbocycles. The van der Waals surface area contributed by atoms with E-state index in [0.29, 0.717) is 5.82 Å². The molecular formula is C12H8BrN7S. The lowest BCUT2D eigenvalue weighted by atomic mass is 10.2. The van der Waals surface area contributed by atoms with Crippen LogP contribution in [0.4, 0.5) is 0 Å². The largest absolute Gasteiger partial charge is 0.281 e. The lowest BCUT2D eigenvalue weighted by Gasteiger charge is -1.95. The quantitative estimate of drug-likeness (QED) is 0.593. The molecule has 21 heavy (non-hydrogen) atoms. The third-order valence-corrected chi connectivity index (χ3v) is 4.88. The van der Waals surface area contributed by atoms with E-state index in [1.807, 2.05) is 19.1 Å². The second-order valence-electron chi connectivity index (χ2n) is 4.37. The molecule has 0 atom stereocenters. The third kappa shape index (κ3) is 1.96. The standard InChI is InChI=1S/C12H8BrN7S/c1-6-8(13)9(16-15-6)11-19-20-10(17-18-12(20)21-11)7-2-4-14-5-3-7/h2-5H,1H3,(H,15,16). The molecule has 0 spiro atoms. The van der Waals surface area contributed by atoms with Crippen molar-refractivity contribution in [2.75, 3.05) is 0 Å². The van der Waals surface area contributed by atoms with Crippen LogP contribution in [0.25, 0.3) is 27.1 Å². The molecule has 0 radical (unpaired) electrons. The molecule has 4 aromatic heterocycles. The van der Waals surface area contributed by atoms with E-state index in [9.17, 15) is 0 Å². The molecule has 104 valence electrons. The Hall–Kier alpha value is -2.13. The minimum absolute atomic E-state index is 0.693. The minimum Gasteiger partial charge on any atom is -0.281 e. The van der Waals surface area contributed by atoms with Crippen LogP contribution in [0.2, 0.25) is 0 Å². The normalized spacial score (nSPS) is 11.3. The van der Waals surface area contributed by atoms with Crippen LogP contribution in [0.1, 0.15) is 5.69 Å². The number of hydrogen-bond donors (Lipinski definition) is 1. The van der Waals surface area contributed by atoms with Gasteiger partial charge in [0.1, 0.15) is 5.69 Å². The van der Waals surface area contributed by atoms with Crippen molar-refractivity contribution in [3.8, 4) is 22.1 Å². The van der Waals surface area contributed by atoms with Gasteiger partial charge in [0.25, 0.3) is 0 Å². The summed E-state index contributed by atoms with van der Waals surface area (Å²) in [5, 5.41) is 20.9. The van der Waals surface area contributed by atoms with Gasteiger partial charge in [-0.15, -0.1) is 10.2 Å². The van der Waals surface area contributed by atoms with Crippen LogP contribution in [0.15, 0.2) is 29.0 Å². The zero-order valence-electron chi connectivity index (χ0n) is 10.8. The fourth-order valence-corrected chi connectivity index (χ4v) is 3.28. The van der Waals surface area contributed by atoms with Crippen molar-refractivity contribution in [1.82, 2.24) is 35.0 Å². The van der Waals surface area contributed by atoms with Crippen LogP contribution in [0, 0.1) is 6.92 Å². The second kappa shape index (κ2) is 4.71. The molecule has 1 N–H and O–H groups in total. The monoisotopic (exact) mass is 361 g/mol. The third-order valence-electron chi connectivity index (χ3n) is 3.00. The highest BCUT2D eigenvalue weighted by atomic mass is 79.9. The number of nitrogens with one attached hydrogen (secondary N) is 1. The fourth-order valence-electron chi connectivity index (χ4n) is 1.95. The summed E-state index contributed by atoms with van der Waals surface area (Å²) in [6.07, 6.45) is 3.44. The molecule has 0 bridgehead atoms. The van der Waals surface area contributed by atoms with Gasteiger partial charge in [0.15, 0.2) is 10.8 Å². The summed E-state index contributed by atoms with van der Waals surface area (Å²) < 4.78 is 2.64. The van der Waals surface area contributed by atoms with Crippen LogP contribution in [-0.4, -0.2) is 35.0 Å². The smallest absolute Gasteiger partial charge is 0.235 e. The number of rotatable bonds is 2. The number of halogens is 1. The molecular weight excluding hydrogens is 354 g/mol. The summed E-state index contributed by atoms with van der Waals surface area (Å²) in [4.78, 5) is 4.73. The highest BCUT2D eigenvalue weighted by molar-refractivity contribution is 9.10. The predicted octanol–water partition coefficient (Wildman–Crippen LogP) is 2.71. The van der Waals surface area contributed by atoms with Gasteiger partial charge in [0.2, 0.25) is 4.96 Å². The molecule has 0 fully saturated rings. The molecule has 4 rings (SSSR count). The Balaban J connectivity index is 1.89. The Morgan fingerprint density at radius 3 is 2.76 bits per heavy atom. The van der Waals surface area contributed by atoms with Gasteiger partial charge < -0.3 is 0 Å². The Morgan fingerprint density at radius 2 is 2.05 bits per heavy atom. The topological polar surface area (TPSA) is 84.7 Å². The molecule has 4 aromatic rings. The number of hydrogen-bond acceptors (Lipinski definition) is 6. The van der Waals surface area contributed by atoms with Gasteiger partial charge in [0, 0.05) is 23.7 Å². The van der Waals surface area contributed by atoms with Crippen molar-refractivity contribution in [3.05, 3.63) is 34.7 Å². The molecule has 4 heterocycles. The Kier molecular flexibility index (Phi) is 2.82. The Morgan fingerprint density at radius 1 is 1.24 bits per heavy atom. The summed E-state index contributed by atoms with van der Waals surface area (Å²) >= 11 is 4.96. The molecule has 0 saturated carbocycles. The number of fused-ring (bicyclic) bond motifs is 1. The molecule has 0 unspecified atom stereocenters. The zero-order chi connectivity index (χ0) is 14.4. The van der Waals surface area contributed by atoms with Gasteiger partial charge in [-0.25, -0.2) is 0 Å². The molecule has 7 nitrogen and oxygen atoms in total. The first kappa shape index (κ1) is 12.6. The maximum absolute atomic E-state index is 4.57. The fraction of sp³-hybridized carbons (Fsp3) is 0.0833. The van der Waals surface area contributed by atoms with E-state index in [1.165, 1.54) is 11.3 Å². The first-order valence-corrected chi connectivity index (χ1v) is 7.68. The molecule has 0 aliphatic rings. The minimum atomic E-state index is 0.693. The van der Waals surface area contributed by atoms with Crippen LogP contribution < -0.4 is 0 Å². The summed E-state index contributed by atoms with van der Waals surface area (Å²) in [5.74, 6) is 0.693. The SMILES string of the molecule is Cc1[nH]nc(-c2nn3c(-c4ccncc4)nnc3s2)c1Br. The molecule has 0 amide bonds. The van der Waals surface area contributed by atoms with Crippen molar-refractivity contribution in [2.24, 2.45) is 0 Å². The molecule has 0 aliphatic carbocycles. The van der Waals surface area contributed by atoms with Crippen molar-refractivity contribution in [1.29, 1.82) is 0 Å². The van der Waals surface area contributed by atoms with Gasteiger partial charge >= 0.3 is 0 Å². The second-order valence-corrected chi connectivity index (χ2v) is 6.12. The van der Waals surface area contributed by atoms with Gasteiger partial charge in [0.05, 0.1) is 4.47 Å². The summed E-state index contributed by atoms with van der Waals surface area (Å²) in [7, 11) is 0. The highest BCUT2D eigenvalue weighted by Crippen LogP contribution is 2.32. The number of H-pyrrole nitrogens is 1. The van der Waals surface area contributed by atoms with Crippen molar-refractivity contribution in [3.63, 3.8) is 0 Å². The van der Waals surface area contributed by atoms with Crippen molar-refractivity contribution in [2.45, 2.75) is 6.92 Å². The Bertz CT molecular complexity index is 924. The summed E-state index contributed by atoms with van der Waals surface area (Å²) in [6, 6.07) is 3.76. The molecule has 9 heteroatoms. The maximum Gasteiger partial charge on any atom is 0.235 e. The molecule has 0 saturated heterocycles. The number of aromatic nitrogens is 7. The highest BCUT2D eigenvalue weighted by Gasteiger charge is 2.18. The number of aromatic amines is 1. The number of nitrogens with zero attached hydrogens (tertiary/aromatic N) is 6. The average molecular weight is 362 g/mol. The summed E-state index contributed by atoms with van der Waals surface area (Å²) in [6.45, 7) is 1.95. The predicted molar refractivity (Wildman–Crippen MR) is 81.9 cm³/mol. The maximum atomic E-state index is 4.57. The molecule has 0 aliphatic heterocycles. The van der Waals surface area contributed by atoms with Gasteiger partial charge in [-0.05, 0) is 35.0 Å². The zero-order valence-corrected chi connectivity index (χ0v) is 13.2. The van der Waals surface area contributed by atoms with E-state index in [1.54, 1.807) is 16.9 Å². The van der Waals surface area contributed by atoms with E-state index >= 15 is 0 Å². The van der Waals surface area contributed by atoms with Crippen molar-refractivity contribution >= 4 is 32.2 Å². The van der Waals surface area contributed by atoms with Crippen LogP contribution in [0.3, 0.4) is 0 Å². The van der Waals surface area contributed by atoms with E-state index < -0.39 is 0 Å². The van der Waals surface area contributed by atoms with Gasteiger partial charge in [-0.3, -0.25) is 10.1 Å². The summed E-state index contributed by atoms with van der Waals surface area (Å²) in [5.41, 5.74) is 2.67. The number of pyridine rings is 1. The van der Waals surface area contributed by atoms with Crippen LogP contribution >= 0.6 is 27.3 Å². The van der Waals surface area contributed by atoms with Gasteiger partial charge in [-0.1, -0.05) is 11.3 Å². The van der Waals surface area contributed by atoms with Crippen molar-refractivity contribution < 1.29 is 0 Å². The van der Waals surface area contributed by atoms with E-state index in [2.05, 4.69) is 46.4 Å². The lowest BCUT2D eigenvalue weighted by molar-refractivity contribution is 0.961. The van der Waals surface area contributed by atoms with E-state index in [0.717, 1.165) is 31.4 Å². The first-order chi connectivity index (χ1) is 10.2. The number of aryl methyl sites for hydroxylation is 1.